The van der Waals surface area contributed by atoms with Gasteiger partial charge in [-0.2, -0.15) is 0 Å². The molecule has 284 valence electrons. The lowest BCUT2D eigenvalue weighted by Crippen LogP contribution is -2.44. The van der Waals surface area contributed by atoms with Crippen molar-refractivity contribution in [3.8, 4) is 0 Å². The number of amides is 1. The Morgan fingerprint density at radius 2 is 1.22 bits per heavy atom. The molecule has 13 heteroatoms. The lowest BCUT2D eigenvalue weighted by Gasteiger charge is -2.31. The Morgan fingerprint density at radius 1 is 0.760 bits per heavy atom. The highest BCUT2D eigenvalue weighted by Gasteiger charge is 2.28. The Kier molecular flexibility index (Phi) is 16.8. The van der Waals surface area contributed by atoms with E-state index in [1.807, 2.05) is 80.5 Å². The largest absolute Gasteiger partial charge is 0.459 e. The van der Waals surface area contributed by atoms with Crippen molar-refractivity contribution in [2.24, 2.45) is 0 Å². The van der Waals surface area contributed by atoms with Crippen LogP contribution in [0.2, 0.25) is 0 Å². The molecule has 0 saturated heterocycles. The molecule has 0 aromatic carbocycles. The molecule has 2 rings (SSSR count). The Morgan fingerprint density at radius 3 is 1.66 bits per heavy atom. The van der Waals surface area contributed by atoms with Crippen LogP contribution in [0.5, 0.6) is 0 Å². The maximum absolute atomic E-state index is 12.8. The SMILES string of the molecule is CN(C)C(CCC(=O)NCCCN1CCN(CC(=O)OC(C)(C)C)Cc2cccc(n2)CN(CC(=O)OC(C)(C)C)CC1)C(=O)OC(C)(C)C. The normalized spacial score (nSPS) is 16.6. The second-order valence-corrected chi connectivity index (χ2v) is 16.3. The molecule has 0 aliphatic carbocycles. The summed E-state index contributed by atoms with van der Waals surface area (Å²) in [5.41, 5.74) is -0.0996. The van der Waals surface area contributed by atoms with E-state index in [1.165, 1.54) is 0 Å². The number of carbonyl (C=O) groups excluding carboxylic acids is 4. The number of hydrogen-bond donors (Lipinski definition) is 1. The van der Waals surface area contributed by atoms with Crippen LogP contribution in [-0.2, 0) is 46.5 Å². The lowest BCUT2D eigenvalue weighted by molar-refractivity contribution is -0.161. The van der Waals surface area contributed by atoms with Crippen molar-refractivity contribution in [1.82, 2.24) is 29.9 Å². The third-order valence-corrected chi connectivity index (χ3v) is 7.57. The van der Waals surface area contributed by atoms with Crippen LogP contribution < -0.4 is 5.32 Å². The average Bonchev–Trinajstić information content (AvgIpc) is 2.92. The van der Waals surface area contributed by atoms with Crippen molar-refractivity contribution in [3.05, 3.63) is 29.6 Å². The van der Waals surface area contributed by atoms with Gasteiger partial charge in [0.15, 0.2) is 0 Å². The predicted molar refractivity (Wildman–Crippen MR) is 193 cm³/mol. The van der Waals surface area contributed by atoms with Crippen molar-refractivity contribution in [1.29, 1.82) is 0 Å². The maximum Gasteiger partial charge on any atom is 0.323 e. The Hall–Kier alpha value is -3.13. The first-order valence-corrected chi connectivity index (χ1v) is 17.8. The average molecular weight is 705 g/mol. The number of likely N-dealkylation sites (N-methyl/N-ethyl adjacent to an activating group) is 1. The molecule has 0 radical (unpaired) electrons. The van der Waals surface area contributed by atoms with Gasteiger partial charge >= 0.3 is 17.9 Å². The second kappa shape index (κ2) is 19.5. The number of nitrogens with zero attached hydrogens (tertiary/aromatic N) is 5. The summed E-state index contributed by atoms with van der Waals surface area (Å²) in [5, 5.41) is 3.00. The minimum atomic E-state index is -0.600. The van der Waals surface area contributed by atoms with E-state index in [0.717, 1.165) is 11.4 Å². The van der Waals surface area contributed by atoms with Gasteiger partial charge in [0.25, 0.3) is 0 Å². The summed E-state index contributed by atoms with van der Waals surface area (Å²) in [6.45, 7) is 21.5. The highest BCUT2D eigenvalue weighted by Crippen LogP contribution is 2.15. The van der Waals surface area contributed by atoms with E-state index < -0.39 is 22.8 Å². The fourth-order valence-electron chi connectivity index (χ4n) is 5.45. The van der Waals surface area contributed by atoms with E-state index in [-0.39, 0.29) is 43.3 Å². The maximum atomic E-state index is 12.8. The van der Waals surface area contributed by atoms with E-state index in [4.69, 9.17) is 19.2 Å². The first-order valence-electron chi connectivity index (χ1n) is 17.8. The number of carbonyl (C=O) groups is 4. The topological polar surface area (TPSA) is 134 Å². The van der Waals surface area contributed by atoms with E-state index in [1.54, 1.807) is 19.0 Å². The fraction of sp³-hybridized carbons (Fsp3) is 0.757. The summed E-state index contributed by atoms with van der Waals surface area (Å²) < 4.78 is 16.8. The third-order valence-electron chi connectivity index (χ3n) is 7.57. The van der Waals surface area contributed by atoms with Crippen LogP contribution in [0, 0.1) is 0 Å². The highest BCUT2D eigenvalue weighted by atomic mass is 16.6. The molecule has 1 atom stereocenters. The number of aromatic nitrogens is 1. The van der Waals surface area contributed by atoms with E-state index >= 15 is 0 Å². The molecule has 1 amide bonds. The number of nitrogens with one attached hydrogen (secondary N) is 1. The van der Waals surface area contributed by atoms with Crippen LogP contribution in [0.3, 0.4) is 0 Å². The zero-order chi connectivity index (χ0) is 37.7. The van der Waals surface area contributed by atoms with Gasteiger partial charge in [-0.05, 0) is 108 Å². The smallest absolute Gasteiger partial charge is 0.323 e. The van der Waals surface area contributed by atoms with Crippen LogP contribution in [0.1, 0.15) is 93.0 Å². The lowest BCUT2D eigenvalue weighted by atomic mass is 10.1. The molecule has 50 heavy (non-hydrogen) atoms. The molecular formula is C37H64N6O7. The van der Waals surface area contributed by atoms with E-state index in [2.05, 4.69) is 20.0 Å². The van der Waals surface area contributed by atoms with Crippen molar-refractivity contribution in [2.45, 2.75) is 118 Å². The molecule has 1 aliphatic rings. The Labute approximate surface area is 300 Å². The Bertz CT molecular complexity index is 1190. The van der Waals surface area contributed by atoms with Gasteiger partial charge in [0.1, 0.15) is 22.8 Å². The zero-order valence-corrected chi connectivity index (χ0v) is 32.6. The molecule has 13 nitrogen and oxygen atoms in total. The van der Waals surface area contributed by atoms with Crippen LogP contribution in [-0.4, -0.2) is 138 Å². The first kappa shape index (κ1) is 43.0. The zero-order valence-electron chi connectivity index (χ0n) is 32.6. The van der Waals surface area contributed by atoms with E-state index in [9.17, 15) is 19.2 Å². The van der Waals surface area contributed by atoms with Gasteiger partial charge in [-0.25, -0.2) is 0 Å². The van der Waals surface area contributed by atoms with Gasteiger partial charge in [-0.1, -0.05) is 6.07 Å². The number of rotatable bonds is 13. The van der Waals surface area contributed by atoms with Crippen LogP contribution >= 0.6 is 0 Å². The summed E-state index contributed by atoms with van der Waals surface area (Å²) >= 11 is 0. The molecule has 1 unspecified atom stereocenters. The number of fused-ring (bicyclic) bond motifs is 2. The first-order chi connectivity index (χ1) is 23.1. The van der Waals surface area contributed by atoms with Gasteiger partial charge in [-0.3, -0.25) is 38.9 Å². The number of hydrogen-bond acceptors (Lipinski definition) is 12. The number of pyridine rings is 1. The third kappa shape index (κ3) is 18.7. The molecule has 2 heterocycles. The minimum absolute atomic E-state index is 0.116. The summed E-state index contributed by atoms with van der Waals surface area (Å²) in [6.07, 6.45) is 1.27. The quantitative estimate of drug-likeness (QED) is 0.184. The molecule has 1 N–H and O–H groups in total. The van der Waals surface area contributed by atoms with Crippen molar-refractivity contribution in [2.75, 3.05) is 66.5 Å². The van der Waals surface area contributed by atoms with Gasteiger partial charge in [-0.15, -0.1) is 0 Å². The standard InChI is InChI=1S/C37H64N6O7/c1-35(2,3)48-32(45)26-42-22-20-41(19-13-18-38-31(44)17-16-30(40(10)11)34(47)50-37(7,8)9)21-23-43(27-33(46)49-36(4,5)6)25-29-15-12-14-28(24-42)39-29/h12,14-15,30H,13,16-27H2,1-11H3,(H,38,44). The minimum Gasteiger partial charge on any atom is -0.459 e. The monoisotopic (exact) mass is 704 g/mol. The molecule has 1 aromatic rings. The van der Waals surface area contributed by atoms with Crippen molar-refractivity contribution in [3.63, 3.8) is 0 Å². The second-order valence-electron chi connectivity index (χ2n) is 16.3. The summed E-state index contributed by atoms with van der Waals surface area (Å²) in [4.78, 5) is 64.1. The summed E-state index contributed by atoms with van der Waals surface area (Å²) in [7, 11) is 3.61. The van der Waals surface area contributed by atoms with Crippen LogP contribution in [0.15, 0.2) is 18.2 Å². The summed E-state index contributed by atoms with van der Waals surface area (Å²) in [5.74, 6) is -1.03. The molecule has 1 aliphatic heterocycles. The van der Waals surface area contributed by atoms with Gasteiger partial charge in [0.2, 0.25) is 5.91 Å². The summed E-state index contributed by atoms with van der Waals surface area (Å²) in [6, 6.07) is 5.35. The molecule has 0 saturated carbocycles. The van der Waals surface area contributed by atoms with Crippen LogP contribution in [0.4, 0.5) is 0 Å². The Balaban J connectivity index is 2.10. The van der Waals surface area contributed by atoms with E-state index in [0.29, 0.717) is 65.2 Å². The van der Waals surface area contributed by atoms with Gasteiger partial charge in [0, 0.05) is 52.2 Å². The van der Waals surface area contributed by atoms with Crippen molar-refractivity contribution >= 4 is 23.8 Å². The molecule has 2 bridgehead atoms. The fourth-order valence-corrected chi connectivity index (χ4v) is 5.45. The van der Waals surface area contributed by atoms with Gasteiger partial charge < -0.3 is 24.4 Å². The van der Waals surface area contributed by atoms with Crippen molar-refractivity contribution < 1.29 is 33.4 Å². The van der Waals surface area contributed by atoms with Gasteiger partial charge in [0.05, 0.1) is 24.5 Å². The molecular weight excluding hydrogens is 640 g/mol. The molecule has 0 spiro atoms. The molecule has 1 aromatic heterocycles. The van der Waals surface area contributed by atoms with Crippen LogP contribution in [0.25, 0.3) is 0 Å². The number of esters is 3. The molecule has 0 fully saturated rings. The number of ether oxygens (including phenoxy) is 3. The predicted octanol–water partition coefficient (Wildman–Crippen LogP) is 3.24. The highest BCUT2D eigenvalue weighted by molar-refractivity contribution is 5.79.